The Hall–Kier alpha value is -2.12. The fourth-order valence-electron chi connectivity index (χ4n) is 1.85. The summed E-state index contributed by atoms with van der Waals surface area (Å²) in [5.41, 5.74) is 0.347. The standard InChI is InChI=1S/C16H15ClN2O4S/c1-9(14(20)10-4-6-11(22-2)7-5-10)23-15(21)13-12(17)8-18-16(19-13)24-3/h4-9H,1-3H3/t9-/m1/s1. The predicted molar refractivity (Wildman–Crippen MR) is 91.0 cm³/mol. The molecule has 2 rings (SSSR count). The van der Waals surface area contributed by atoms with Crippen molar-refractivity contribution in [2.75, 3.05) is 13.4 Å². The van der Waals surface area contributed by atoms with Gasteiger partial charge in [-0.3, -0.25) is 4.79 Å². The van der Waals surface area contributed by atoms with Crippen molar-refractivity contribution in [2.24, 2.45) is 0 Å². The molecule has 0 bridgehead atoms. The van der Waals surface area contributed by atoms with Gasteiger partial charge in [0.15, 0.2) is 17.0 Å². The first-order valence-corrected chi connectivity index (χ1v) is 8.52. The van der Waals surface area contributed by atoms with Crippen LogP contribution in [0.2, 0.25) is 5.02 Å². The molecule has 8 heteroatoms. The van der Waals surface area contributed by atoms with Crippen LogP contribution < -0.4 is 4.74 Å². The number of nitrogens with zero attached hydrogens (tertiary/aromatic N) is 2. The van der Waals surface area contributed by atoms with Crippen LogP contribution in [0.25, 0.3) is 0 Å². The van der Waals surface area contributed by atoms with Gasteiger partial charge in [-0.05, 0) is 37.4 Å². The SMILES string of the molecule is COc1ccc(C(=O)[C@@H](C)OC(=O)c2nc(SC)ncc2Cl)cc1. The van der Waals surface area contributed by atoms with Crippen molar-refractivity contribution in [3.63, 3.8) is 0 Å². The van der Waals surface area contributed by atoms with Gasteiger partial charge in [0.2, 0.25) is 5.78 Å². The van der Waals surface area contributed by atoms with Crippen molar-refractivity contribution in [2.45, 2.75) is 18.2 Å². The summed E-state index contributed by atoms with van der Waals surface area (Å²) in [7, 11) is 1.54. The van der Waals surface area contributed by atoms with Crippen molar-refractivity contribution in [3.8, 4) is 5.75 Å². The van der Waals surface area contributed by atoms with E-state index in [0.717, 1.165) is 0 Å². The van der Waals surface area contributed by atoms with Crippen LogP contribution in [0.5, 0.6) is 5.75 Å². The van der Waals surface area contributed by atoms with Crippen LogP contribution >= 0.6 is 23.4 Å². The number of hydrogen-bond acceptors (Lipinski definition) is 7. The van der Waals surface area contributed by atoms with Crippen molar-refractivity contribution in [3.05, 3.63) is 46.7 Å². The quantitative estimate of drug-likeness (QED) is 0.336. The van der Waals surface area contributed by atoms with Gasteiger partial charge < -0.3 is 9.47 Å². The fourth-order valence-corrected chi connectivity index (χ4v) is 2.36. The van der Waals surface area contributed by atoms with E-state index < -0.39 is 12.1 Å². The molecule has 0 unspecified atom stereocenters. The van der Waals surface area contributed by atoms with Gasteiger partial charge in [0.25, 0.3) is 0 Å². The van der Waals surface area contributed by atoms with Gasteiger partial charge in [0, 0.05) is 5.56 Å². The summed E-state index contributed by atoms with van der Waals surface area (Å²) in [4.78, 5) is 32.5. The zero-order valence-corrected chi connectivity index (χ0v) is 14.9. The highest BCUT2D eigenvalue weighted by molar-refractivity contribution is 7.98. The number of ether oxygens (including phenoxy) is 2. The third-order valence-electron chi connectivity index (χ3n) is 3.13. The minimum Gasteiger partial charge on any atom is -0.497 e. The molecule has 126 valence electrons. The molecule has 0 saturated carbocycles. The normalized spacial score (nSPS) is 11.7. The van der Waals surface area contributed by atoms with E-state index in [2.05, 4.69) is 9.97 Å². The van der Waals surface area contributed by atoms with E-state index in [1.165, 1.54) is 32.0 Å². The highest BCUT2D eigenvalue weighted by Crippen LogP contribution is 2.19. The van der Waals surface area contributed by atoms with E-state index in [1.54, 1.807) is 30.5 Å². The molecule has 0 spiro atoms. The number of Topliss-reactive ketones (excluding diaryl/α,β-unsaturated/α-hetero) is 1. The maximum atomic E-state index is 12.3. The molecule has 0 radical (unpaired) electrons. The zero-order valence-electron chi connectivity index (χ0n) is 13.3. The van der Waals surface area contributed by atoms with E-state index in [9.17, 15) is 9.59 Å². The van der Waals surface area contributed by atoms with Crippen molar-refractivity contribution >= 4 is 35.1 Å². The summed E-state index contributed by atoms with van der Waals surface area (Å²) in [5.74, 6) is -0.470. The first-order chi connectivity index (χ1) is 11.5. The summed E-state index contributed by atoms with van der Waals surface area (Å²) in [6.07, 6.45) is 2.12. The number of aromatic nitrogens is 2. The van der Waals surface area contributed by atoms with Crippen LogP contribution in [0, 0.1) is 0 Å². The Bertz CT molecular complexity index is 752. The molecule has 1 aromatic heterocycles. The monoisotopic (exact) mass is 366 g/mol. The third-order valence-corrected chi connectivity index (χ3v) is 3.96. The Morgan fingerprint density at radius 1 is 1.25 bits per heavy atom. The maximum Gasteiger partial charge on any atom is 0.359 e. The lowest BCUT2D eigenvalue weighted by Crippen LogP contribution is -2.25. The number of halogens is 1. The Balaban J connectivity index is 2.11. The lowest BCUT2D eigenvalue weighted by molar-refractivity contribution is 0.0312. The van der Waals surface area contributed by atoms with Crippen LogP contribution in [-0.2, 0) is 4.74 Å². The van der Waals surface area contributed by atoms with Gasteiger partial charge in [-0.2, -0.15) is 0 Å². The van der Waals surface area contributed by atoms with E-state index in [0.29, 0.717) is 16.5 Å². The molecule has 0 aliphatic rings. The molecule has 0 saturated heterocycles. The summed E-state index contributed by atoms with van der Waals surface area (Å²) in [6, 6.07) is 6.53. The highest BCUT2D eigenvalue weighted by Gasteiger charge is 2.23. The Morgan fingerprint density at radius 3 is 2.50 bits per heavy atom. The molecule has 0 amide bonds. The van der Waals surface area contributed by atoms with E-state index in [1.807, 2.05) is 0 Å². The number of rotatable bonds is 6. The molecule has 1 aromatic carbocycles. The zero-order chi connectivity index (χ0) is 17.7. The number of thioether (sulfide) groups is 1. The topological polar surface area (TPSA) is 78.4 Å². The van der Waals surface area contributed by atoms with Crippen LogP contribution in [0.1, 0.15) is 27.8 Å². The molecule has 0 aliphatic heterocycles. The van der Waals surface area contributed by atoms with Crippen LogP contribution in [0.3, 0.4) is 0 Å². The third kappa shape index (κ3) is 4.24. The van der Waals surface area contributed by atoms with Gasteiger partial charge in [-0.1, -0.05) is 23.4 Å². The van der Waals surface area contributed by atoms with Crippen molar-refractivity contribution in [1.29, 1.82) is 0 Å². The second kappa shape index (κ2) is 8.12. The largest absolute Gasteiger partial charge is 0.497 e. The fraction of sp³-hybridized carbons (Fsp3) is 0.250. The van der Waals surface area contributed by atoms with Gasteiger partial charge in [0.05, 0.1) is 18.3 Å². The predicted octanol–water partition coefficient (Wildman–Crippen LogP) is 3.29. The molecule has 2 aromatic rings. The van der Waals surface area contributed by atoms with Gasteiger partial charge in [0.1, 0.15) is 5.75 Å². The Labute approximate surface area is 148 Å². The molecule has 1 heterocycles. The number of benzene rings is 1. The summed E-state index contributed by atoms with van der Waals surface area (Å²) >= 11 is 7.19. The van der Waals surface area contributed by atoms with Crippen molar-refractivity contribution in [1.82, 2.24) is 9.97 Å². The van der Waals surface area contributed by atoms with Crippen molar-refractivity contribution < 1.29 is 19.1 Å². The Kier molecular flexibility index (Phi) is 6.16. The summed E-state index contributed by atoms with van der Waals surface area (Å²) in [5, 5.41) is 0.461. The van der Waals surface area contributed by atoms with Gasteiger partial charge in [-0.25, -0.2) is 14.8 Å². The van der Waals surface area contributed by atoms with Gasteiger partial charge >= 0.3 is 5.97 Å². The number of carbonyl (C=O) groups excluding carboxylic acids is 2. The first-order valence-electron chi connectivity index (χ1n) is 6.92. The minimum absolute atomic E-state index is 0.0644. The molecule has 6 nitrogen and oxygen atoms in total. The lowest BCUT2D eigenvalue weighted by atomic mass is 10.1. The number of esters is 1. The first kappa shape index (κ1) is 18.2. The van der Waals surface area contributed by atoms with E-state index in [4.69, 9.17) is 21.1 Å². The molecule has 1 atom stereocenters. The van der Waals surface area contributed by atoms with Crippen LogP contribution in [-0.4, -0.2) is 41.2 Å². The molecule has 0 N–H and O–H groups in total. The highest BCUT2D eigenvalue weighted by atomic mass is 35.5. The summed E-state index contributed by atoms with van der Waals surface area (Å²) in [6.45, 7) is 1.50. The van der Waals surface area contributed by atoms with Gasteiger partial charge in [-0.15, -0.1) is 0 Å². The lowest BCUT2D eigenvalue weighted by Gasteiger charge is -2.13. The maximum absolute atomic E-state index is 12.3. The second-order valence-electron chi connectivity index (χ2n) is 4.69. The average Bonchev–Trinajstić information content (AvgIpc) is 2.61. The molecule has 24 heavy (non-hydrogen) atoms. The molecule has 0 fully saturated rings. The minimum atomic E-state index is -0.977. The van der Waals surface area contributed by atoms with Crippen LogP contribution in [0.15, 0.2) is 35.6 Å². The Morgan fingerprint density at radius 2 is 1.92 bits per heavy atom. The smallest absolute Gasteiger partial charge is 0.359 e. The molecular formula is C16H15ClN2O4S. The summed E-state index contributed by atoms with van der Waals surface area (Å²) < 4.78 is 10.2. The number of hydrogen-bond donors (Lipinski definition) is 0. The van der Waals surface area contributed by atoms with E-state index >= 15 is 0 Å². The number of ketones is 1. The average molecular weight is 367 g/mol. The van der Waals surface area contributed by atoms with Crippen LogP contribution in [0.4, 0.5) is 0 Å². The molecule has 0 aliphatic carbocycles. The second-order valence-corrected chi connectivity index (χ2v) is 5.87. The number of methoxy groups -OCH3 is 1. The van der Waals surface area contributed by atoms with E-state index in [-0.39, 0.29) is 16.5 Å². The number of carbonyl (C=O) groups is 2. The molecular weight excluding hydrogens is 352 g/mol.